The third-order valence-electron chi connectivity index (χ3n) is 4.44. The number of likely N-dealkylation sites (tertiary alicyclic amines) is 1. The third-order valence-corrected chi connectivity index (χ3v) is 4.93. The highest BCUT2D eigenvalue weighted by molar-refractivity contribution is 9.10. The van der Waals surface area contributed by atoms with Crippen LogP contribution in [-0.2, 0) is 0 Å². The summed E-state index contributed by atoms with van der Waals surface area (Å²) in [6.07, 6.45) is 4.05. The highest BCUT2D eigenvalue weighted by atomic mass is 79.9. The van der Waals surface area contributed by atoms with Crippen LogP contribution in [0, 0.1) is 0 Å². The molecule has 20 heavy (non-hydrogen) atoms. The van der Waals surface area contributed by atoms with Gasteiger partial charge < -0.3 is 10.2 Å². The van der Waals surface area contributed by atoms with Crippen LogP contribution in [0.4, 0.5) is 11.4 Å². The van der Waals surface area contributed by atoms with Crippen LogP contribution in [0.5, 0.6) is 0 Å². The van der Waals surface area contributed by atoms with E-state index in [1.165, 1.54) is 37.2 Å². The summed E-state index contributed by atoms with van der Waals surface area (Å²) >= 11 is 3.58. The molecule has 1 aromatic carbocycles. The molecule has 3 rings (SSSR count). The molecule has 0 aromatic heterocycles. The molecule has 4 heteroatoms. The molecule has 2 atom stereocenters. The first-order chi connectivity index (χ1) is 9.54. The number of benzene rings is 1. The van der Waals surface area contributed by atoms with Crippen molar-refractivity contribution >= 4 is 27.3 Å². The van der Waals surface area contributed by atoms with Crippen LogP contribution in [0.15, 0.2) is 22.7 Å². The molecule has 0 radical (unpaired) electrons. The van der Waals surface area contributed by atoms with E-state index in [1.54, 1.807) is 0 Å². The summed E-state index contributed by atoms with van der Waals surface area (Å²) in [6.45, 7) is 3.55. The van der Waals surface area contributed by atoms with Crippen LogP contribution in [-0.4, -0.2) is 43.7 Å². The molecule has 0 spiro atoms. The zero-order valence-electron chi connectivity index (χ0n) is 12.6. The molecule has 3 nitrogen and oxygen atoms in total. The van der Waals surface area contributed by atoms with E-state index in [2.05, 4.69) is 70.3 Å². The van der Waals surface area contributed by atoms with Crippen molar-refractivity contribution in [3.8, 4) is 0 Å². The first-order valence-electron chi connectivity index (χ1n) is 7.53. The Morgan fingerprint density at radius 3 is 2.70 bits per heavy atom. The van der Waals surface area contributed by atoms with Crippen LogP contribution in [0.2, 0.25) is 0 Å². The maximum absolute atomic E-state index is 3.76. The van der Waals surface area contributed by atoms with Crippen molar-refractivity contribution in [3.05, 3.63) is 22.7 Å². The molecule has 2 aliphatic rings. The smallest absolute Gasteiger partial charge is 0.0597 e. The van der Waals surface area contributed by atoms with E-state index in [9.17, 15) is 0 Å². The minimum absolute atomic E-state index is 0.568. The van der Waals surface area contributed by atoms with E-state index in [0.717, 1.165) is 16.6 Å². The van der Waals surface area contributed by atoms with Crippen molar-refractivity contribution in [2.24, 2.45) is 0 Å². The third kappa shape index (κ3) is 2.96. The largest absolute Gasteiger partial charge is 0.379 e. The lowest BCUT2D eigenvalue weighted by Gasteiger charge is -2.22. The predicted molar refractivity (Wildman–Crippen MR) is 89.7 cm³/mol. The standard InChI is InChI=1S/C16H24BrN3/c1-11-8-13(10-20(11)14-5-6-14)18-15-9-12(17)4-7-16(15)19(2)3/h4,7,9,11,13-14,18H,5-6,8,10H2,1-3H3. The maximum Gasteiger partial charge on any atom is 0.0597 e. The van der Waals surface area contributed by atoms with Crippen LogP contribution < -0.4 is 10.2 Å². The highest BCUT2D eigenvalue weighted by Crippen LogP contribution is 2.35. The number of nitrogens with one attached hydrogen (secondary N) is 1. The first-order valence-corrected chi connectivity index (χ1v) is 8.33. The van der Waals surface area contributed by atoms with Gasteiger partial charge in [-0.05, 0) is 44.4 Å². The Morgan fingerprint density at radius 1 is 1.30 bits per heavy atom. The van der Waals surface area contributed by atoms with Gasteiger partial charge in [-0.1, -0.05) is 15.9 Å². The average Bonchev–Trinajstić information content (AvgIpc) is 3.14. The zero-order valence-corrected chi connectivity index (χ0v) is 14.2. The molecule has 2 fully saturated rings. The van der Waals surface area contributed by atoms with Crippen molar-refractivity contribution < 1.29 is 0 Å². The monoisotopic (exact) mass is 337 g/mol. The van der Waals surface area contributed by atoms with Gasteiger partial charge in [0.1, 0.15) is 0 Å². The SMILES string of the molecule is CC1CC(Nc2cc(Br)ccc2N(C)C)CN1C1CC1. The predicted octanol–water partition coefficient (Wildman–Crippen LogP) is 3.55. The maximum atomic E-state index is 3.76. The van der Waals surface area contributed by atoms with Gasteiger partial charge in [-0.3, -0.25) is 4.90 Å². The van der Waals surface area contributed by atoms with Crippen LogP contribution in [0.3, 0.4) is 0 Å². The highest BCUT2D eigenvalue weighted by Gasteiger charge is 2.38. The van der Waals surface area contributed by atoms with Gasteiger partial charge in [-0.2, -0.15) is 0 Å². The van der Waals surface area contributed by atoms with Gasteiger partial charge in [0.15, 0.2) is 0 Å². The molecule has 1 aliphatic heterocycles. The minimum Gasteiger partial charge on any atom is -0.379 e. The van der Waals surface area contributed by atoms with E-state index in [1.807, 2.05) is 0 Å². The second-order valence-corrected chi connectivity index (χ2v) is 7.33. The van der Waals surface area contributed by atoms with Crippen molar-refractivity contribution in [1.29, 1.82) is 0 Å². The Morgan fingerprint density at radius 2 is 2.05 bits per heavy atom. The van der Waals surface area contributed by atoms with Gasteiger partial charge in [0.25, 0.3) is 0 Å². The fraction of sp³-hybridized carbons (Fsp3) is 0.625. The molecule has 1 aliphatic carbocycles. The number of nitrogens with zero attached hydrogens (tertiary/aromatic N) is 2. The van der Waals surface area contributed by atoms with E-state index >= 15 is 0 Å². The summed E-state index contributed by atoms with van der Waals surface area (Å²) in [5.74, 6) is 0. The van der Waals surface area contributed by atoms with E-state index in [4.69, 9.17) is 0 Å². The lowest BCUT2D eigenvalue weighted by Crippen LogP contribution is -2.31. The lowest BCUT2D eigenvalue weighted by molar-refractivity contribution is 0.257. The van der Waals surface area contributed by atoms with Crippen LogP contribution >= 0.6 is 15.9 Å². The van der Waals surface area contributed by atoms with Gasteiger partial charge in [0.2, 0.25) is 0 Å². The van der Waals surface area contributed by atoms with Gasteiger partial charge in [0.05, 0.1) is 11.4 Å². The van der Waals surface area contributed by atoms with Gasteiger partial charge in [0, 0.05) is 43.2 Å². The first kappa shape index (κ1) is 14.2. The molecular formula is C16H24BrN3. The molecule has 1 saturated heterocycles. The Labute approximate surface area is 130 Å². The van der Waals surface area contributed by atoms with Crippen molar-refractivity contribution in [3.63, 3.8) is 0 Å². The number of rotatable bonds is 4. The van der Waals surface area contributed by atoms with Gasteiger partial charge >= 0.3 is 0 Å². The van der Waals surface area contributed by atoms with E-state index in [0.29, 0.717) is 6.04 Å². The average molecular weight is 338 g/mol. The molecule has 1 aromatic rings. The molecule has 0 bridgehead atoms. The van der Waals surface area contributed by atoms with Crippen LogP contribution in [0.1, 0.15) is 26.2 Å². The van der Waals surface area contributed by atoms with E-state index < -0.39 is 0 Å². The number of halogens is 1. The normalized spacial score (nSPS) is 26.8. The summed E-state index contributed by atoms with van der Waals surface area (Å²) in [6, 6.07) is 8.62. The van der Waals surface area contributed by atoms with E-state index in [-0.39, 0.29) is 0 Å². The summed E-state index contributed by atoms with van der Waals surface area (Å²) in [4.78, 5) is 4.86. The summed E-state index contributed by atoms with van der Waals surface area (Å²) < 4.78 is 1.13. The second-order valence-electron chi connectivity index (χ2n) is 6.41. The molecule has 1 saturated carbocycles. The molecular weight excluding hydrogens is 314 g/mol. The molecule has 1 heterocycles. The number of hydrogen-bond acceptors (Lipinski definition) is 3. The van der Waals surface area contributed by atoms with Crippen LogP contribution in [0.25, 0.3) is 0 Å². The van der Waals surface area contributed by atoms with Gasteiger partial charge in [-0.15, -0.1) is 0 Å². The summed E-state index contributed by atoms with van der Waals surface area (Å²) in [5, 5.41) is 3.76. The molecule has 2 unspecified atom stereocenters. The Balaban J connectivity index is 1.73. The quantitative estimate of drug-likeness (QED) is 0.906. The Bertz CT molecular complexity index is 485. The zero-order chi connectivity index (χ0) is 14.3. The fourth-order valence-electron chi connectivity index (χ4n) is 3.31. The summed E-state index contributed by atoms with van der Waals surface area (Å²) in [7, 11) is 4.20. The number of anilines is 2. The second kappa shape index (κ2) is 5.57. The molecule has 110 valence electrons. The topological polar surface area (TPSA) is 18.5 Å². The summed E-state index contributed by atoms with van der Waals surface area (Å²) in [5.41, 5.74) is 2.49. The van der Waals surface area contributed by atoms with Crippen molar-refractivity contribution in [2.75, 3.05) is 30.9 Å². The Kier molecular flexibility index (Phi) is 3.95. The Hall–Kier alpha value is -0.740. The number of hydrogen-bond donors (Lipinski definition) is 1. The molecule has 0 amide bonds. The van der Waals surface area contributed by atoms with Crippen molar-refractivity contribution in [2.45, 2.75) is 44.3 Å². The van der Waals surface area contributed by atoms with Crippen molar-refractivity contribution in [1.82, 2.24) is 4.90 Å². The molecule has 1 N–H and O–H groups in total. The fourth-order valence-corrected chi connectivity index (χ4v) is 3.67. The lowest BCUT2D eigenvalue weighted by atomic mass is 10.1. The van der Waals surface area contributed by atoms with Gasteiger partial charge in [-0.25, -0.2) is 0 Å². The minimum atomic E-state index is 0.568.